The van der Waals surface area contributed by atoms with Gasteiger partial charge in [0, 0.05) is 59.1 Å². The van der Waals surface area contributed by atoms with Gasteiger partial charge in [0.15, 0.2) is 5.82 Å². The first-order chi connectivity index (χ1) is 17.6. The highest BCUT2D eigenvalue weighted by atomic mass is 35.5. The molecule has 1 unspecified atom stereocenters. The number of carbonyl (C=O) groups is 1. The van der Waals surface area contributed by atoms with Crippen molar-refractivity contribution in [3.63, 3.8) is 0 Å². The summed E-state index contributed by atoms with van der Waals surface area (Å²) in [5.41, 5.74) is 4.25. The van der Waals surface area contributed by atoms with E-state index in [1.807, 2.05) is 30.6 Å². The summed E-state index contributed by atoms with van der Waals surface area (Å²) in [4.78, 5) is 34.0. The zero-order chi connectivity index (χ0) is 24.4. The quantitative estimate of drug-likeness (QED) is 0.326. The van der Waals surface area contributed by atoms with Crippen LogP contribution < -0.4 is 0 Å². The molecule has 3 saturated carbocycles. The van der Waals surface area contributed by atoms with Crippen LogP contribution in [0.5, 0.6) is 0 Å². The number of aliphatic carboxylic acids is 1. The van der Waals surface area contributed by atoms with Gasteiger partial charge in [-0.05, 0) is 61.3 Å². The van der Waals surface area contributed by atoms with Crippen LogP contribution in [0, 0.1) is 17.8 Å². The average molecular weight is 499 g/mol. The van der Waals surface area contributed by atoms with E-state index in [1.54, 1.807) is 18.6 Å². The molecule has 2 N–H and O–H groups in total. The fourth-order valence-corrected chi connectivity index (χ4v) is 6.63. The van der Waals surface area contributed by atoms with Crippen molar-refractivity contribution in [3.05, 3.63) is 60.4 Å². The lowest BCUT2D eigenvalue weighted by molar-refractivity contribution is -0.151. The van der Waals surface area contributed by atoms with Gasteiger partial charge in [-0.2, -0.15) is 0 Å². The Bertz CT molecular complexity index is 1620. The van der Waals surface area contributed by atoms with Crippen LogP contribution in [-0.2, 0) is 4.79 Å². The van der Waals surface area contributed by atoms with Crippen LogP contribution in [0.2, 0.25) is 5.02 Å². The lowest BCUT2D eigenvalue weighted by Crippen LogP contribution is -2.44. The molecule has 5 heterocycles. The Morgan fingerprint density at radius 2 is 1.81 bits per heavy atom. The molecule has 8 rings (SSSR count). The van der Waals surface area contributed by atoms with Gasteiger partial charge < -0.3 is 14.7 Å². The van der Waals surface area contributed by atoms with Gasteiger partial charge in [0.2, 0.25) is 0 Å². The van der Waals surface area contributed by atoms with Crippen LogP contribution in [0.15, 0.2) is 55.4 Å². The summed E-state index contributed by atoms with van der Waals surface area (Å²) in [5, 5.41) is 12.5. The van der Waals surface area contributed by atoms with Crippen molar-refractivity contribution in [2.24, 2.45) is 17.8 Å². The normalized spacial score (nSPS) is 23.5. The highest BCUT2D eigenvalue weighted by molar-refractivity contribution is 6.31. The van der Waals surface area contributed by atoms with Crippen LogP contribution in [0.4, 0.5) is 0 Å². The number of aromatic nitrogens is 6. The molecule has 2 bridgehead atoms. The number of aromatic amines is 1. The highest BCUT2D eigenvalue weighted by Gasteiger charge is 2.48. The number of nitrogens with one attached hydrogen (secondary N) is 1. The van der Waals surface area contributed by atoms with Crippen molar-refractivity contribution in [1.29, 1.82) is 0 Å². The number of H-pyrrole nitrogens is 1. The maximum absolute atomic E-state index is 12.5. The van der Waals surface area contributed by atoms with E-state index in [0.29, 0.717) is 22.4 Å². The van der Waals surface area contributed by atoms with Crippen LogP contribution in [-0.4, -0.2) is 40.6 Å². The molecule has 0 aliphatic heterocycles. The Labute approximate surface area is 211 Å². The molecule has 2 atom stereocenters. The number of carboxylic acid groups (broad SMARTS) is 1. The smallest absolute Gasteiger partial charge is 0.308 e. The van der Waals surface area contributed by atoms with E-state index < -0.39 is 11.9 Å². The van der Waals surface area contributed by atoms with Crippen molar-refractivity contribution in [2.75, 3.05) is 0 Å². The predicted octanol–water partition coefficient (Wildman–Crippen LogP) is 5.75. The summed E-state index contributed by atoms with van der Waals surface area (Å²) >= 11 is 6.23. The Kier molecular flexibility index (Phi) is 4.86. The Hall–Kier alpha value is -3.78. The molecule has 3 fully saturated rings. The number of rotatable bonds is 4. The van der Waals surface area contributed by atoms with E-state index in [4.69, 9.17) is 21.6 Å². The fraction of sp³-hybridized carbons (Fsp3) is 0.296. The monoisotopic (exact) mass is 498 g/mol. The second-order valence-electron chi connectivity index (χ2n) is 9.90. The number of nitrogens with zero attached hydrogens (tertiary/aromatic N) is 5. The molecule has 5 aromatic heterocycles. The Morgan fingerprint density at radius 3 is 2.58 bits per heavy atom. The molecule has 0 spiro atoms. The molecule has 8 nitrogen and oxygen atoms in total. The molecular weight excluding hydrogens is 476 g/mol. The van der Waals surface area contributed by atoms with E-state index in [-0.39, 0.29) is 12.0 Å². The maximum Gasteiger partial charge on any atom is 0.308 e. The van der Waals surface area contributed by atoms with Gasteiger partial charge in [-0.3, -0.25) is 9.78 Å². The Morgan fingerprint density at radius 1 is 1.03 bits per heavy atom. The number of fused-ring (bicyclic) bond motifs is 5. The van der Waals surface area contributed by atoms with E-state index >= 15 is 0 Å². The van der Waals surface area contributed by atoms with Crippen molar-refractivity contribution in [2.45, 2.75) is 31.7 Å². The lowest BCUT2D eigenvalue weighted by Gasteiger charge is -2.47. The van der Waals surface area contributed by atoms with Crippen LogP contribution in [0.25, 0.3) is 44.6 Å². The summed E-state index contributed by atoms with van der Waals surface area (Å²) in [6.07, 6.45) is 15.0. The van der Waals surface area contributed by atoms with E-state index in [0.717, 1.165) is 58.8 Å². The first kappa shape index (κ1) is 21.5. The van der Waals surface area contributed by atoms with Crippen molar-refractivity contribution in [1.82, 2.24) is 29.5 Å². The number of hydrogen-bond donors (Lipinski definition) is 2. The summed E-state index contributed by atoms with van der Waals surface area (Å²) in [7, 11) is 0. The zero-order valence-corrected chi connectivity index (χ0v) is 20.1. The van der Waals surface area contributed by atoms with Gasteiger partial charge in [0.25, 0.3) is 0 Å². The first-order valence-electron chi connectivity index (χ1n) is 12.2. The molecule has 0 amide bonds. The molecule has 180 valence electrons. The summed E-state index contributed by atoms with van der Waals surface area (Å²) in [6, 6.07) is 5.63. The van der Waals surface area contributed by atoms with Crippen molar-refractivity contribution >= 4 is 39.6 Å². The number of pyridine rings is 2. The number of hydrogen-bond acceptors (Lipinski definition) is 5. The van der Waals surface area contributed by atoms with Gasteiger partial charge in [-0.15, -0.1) is 0 Å². The third kappa shape index (κ3) is 3.24. The van der Waals surface area contributed by atoms with E-state index in [9.17, 15) is 9.90 Å². The van der Waals surface area contributed by atoms with Gasteiger partial charge >= 0.3 is 5.97 Å². The summed E-state index contributed by atoms with van der Waals surface area (Å²) in [6.45, 7) is 0. The lowest BCUT2D eigenvalue weighted by atomic mass is 9.61. The molecule has 36 heavy (non-hydrogen) atoms. The molecular formula is C27H23ClN6O2. The van der Waals surface area contributed by atoms with Crippen molar-refractivity contribution < 1.29 is 9.90 Å². The fourth-order valence-electron chi connectivity index (χ4n) is 6.48. The minimum Gasteiger partial charge on any atom is -0.481 e. The van der Waals surface area contributed by atoms with Crippen LogP contribution in [0.3, 0.4) is 0 Å². The second kappa shape index (κ2) is 8.13. The zero-order valence-electron chi connectivity index (χ0n) is 19.3. The van der Waals surface area contributed by atoms with Crippen molar-refractivity contribution in [3.8, 4) is 22.5 Å². The third-order valence-corrected chi connectivity index (χ3v) is 8.29. The predicted molar refractivity (Wildman–Crippen MR) is 136 cm³/mol. The topological polar surface area (TPSA) is 110 Å². The highest BCUT2D eigenvalue weighted by Crippen LogP contribution is 2.52. The summed E-state index contributed by atoms with van der Waals surface area (Å²) < 4.78 is 2.13. The van der Waals surface area contributed by atoms with Crippen LogP contribution >= 0.6 is 11.6 Å². The van der Waals surface area contributed by atoms with Gasteiger partial charge in [0.1, 0.15) is 11.3 Å². The first-order valence-corrected chi connectivity index (χ1v) is 12.6. The molecule has 5 aromatic rings. The Balaban J connectivity index is 1.47. The number of carboxylic acids is 1. The average Bonchev–Trinajstić information content (AvgIpc) is 3.50. The molecule has 3 aliphatic rings. The third-order valence-electron chi connectivity index (χ3n) is 8.08. The molecule has 0 aromatic carbocycles. The molecule has 3 aliphatic carbocycles. The maximum atomic E-state index is 12.5. The molecule has 0 radical (unpaired) electrons. The SMILES string of the molecule is O=C(O)[C@@H]1C2CCC(CC2)C1n1cc(-c2ccncc2)c2cnc(-c3c[nH]c4ncc(Cl)cc34)nc21. The van der Waals surface area contributed by atoms with E-state index in [1.165, 1.54) is 0 Å². The summed E-state index contributed by atoms with van der Waals surface area (Å²) in [5.74, 6) is -0.0820. The van der Waals surface area contributed by atoms with E-state index in [2.05, 4.69) is 25.7 Å². The minimum absolute atomic E-state index is 0.144. The van der Waals surface area contributed by atoms with Crippen LogP contribution in [0.1, 0.15) is 31.7 Å². The minimum atomic E-state index is -0.715. The molecule has 9 heteroatoms. The van der Waals surface area contributed by atoms with Gasteiger partial charge in [-0.25, -0.2) is 15.0 Å². The van der Waals surface area contributed by atoms with Gasteiger partial charge in [0.05, 0.1) is 17.0 Å². The largest absolute Gasteiger partial charge is 0.481 e. The standard InChI is InChI=1S/C27H23ClN6O2/c28-17-9-18-19(11-31-24(18)30-10-17)25-32-12-20-21(14-5-7-29-8-6-14)13-34(26(20)33-25)23-16-3-1-15(2-4-16)22(23)27(35)36/h5-13,15-16,22-23H,1-4H2,(H,30,31)(H,35,36)/t15?,16?,22-,23?/m1/s1. The molecule has 0 saturated heterocycles. The number of halogens is 1. The van der Waals surface area contributed by atoms with Gasteiger partial charge in [-0.1, -0.05) is 11.6 Å². The second-order valence-corrected chi connectivity index (χ2v) is 10.3.